The molecule has 0 radical (unpaired) electrons. The summed E-state index contributed by atoms with van der Waals surface area (Å²) in [4.78, 5) is 38.0. The van der Waals surface area contributed by atoms with Crippen LogP contribution >= 0.6 is 0 Å². The first-order valence-electron chi connectivity index (χ1n) is 12.9. The molecule has 6 heterocycles. The van der Waals surface area contributed by atoms with Gasteiger partial charge in [0.05, 0.1) is 11.9 Å². The van der Waals surface area contributed by atoms with Crippen molar-refractivity contribution in [1.29, 1.82) is 0 Å². The maximum atomic E-state index is 14.6. The van der Waals surface area contributed by atoms with Crippen LogP contribution in [0.2, 0.25) is 0 Å². The number of aromatic carboxylic acids is 1. The Morgan fingerprint density at radius 3 is 2.56 bits per heavy atom. The van der Waals surface area contributed by atoms with Crippen LogP contribution in [-0.2, 0) is 0 Å². The van der Waals surface area contributed by atoms with Crippen LogP contribution in [0.3, 0.4) is 0 Å². The van der Waals surface area contributed by atoms with E-state index < -0.39 is 42.5 Å². The zero-order valence-corrected chi connectivity index (χ0v) is 21.5. The molecule has 3 aliphatic heterocycles. The molecule has 0 spiro atoms. The monoisotopic (exact) mass is 543 g/mol. The Labute approximate surface area is 222 Å². The molecule has 13 heteroatoms. The van der Waals surface area contributed by atoms with Gasteiger partial charge in [0.2, 0.25) is 5.82 Å². The number of aryl methyl sites for hydroxylation is 1. The van der Waals surface area contributed by atoms with Crippen molar-refractivity contribution in [1.82, 2.24) is 24.5 Å². The van der Waals surface area contributed by atoms with Crippen LogP contribution in [0.1, 0.15) is 40.0 Å². The number of amides is 1. The van der Waals surface area contributed by atoms with Gasteiger partial charge in [-0.2, -0.15) is 13.2 Å². The van der Waals surface area contributed by atoms with Crippen LogP contribution in [0.15, 0.2) is 30.5 Å². The zero-order valence-electron chi connectivity index (χ0n) is 21.5. The maximum Gasteiger partial charge on any atom is 0.398 e. The number of carbonyl (C=O) groups is 2. The van der Waals surface area contributed by atoms with E-state index in [1.54, 1.807) is 4.52 Å². The number of hydrogen-bond donors (Lipinski definition) is 1. The number of halogens is 3. The third kappa shape index (κ3) is 4.14. The summed E-state index contributed by atoms with van der Waals surface area (Å²) in [5, 5.41) is 13.6. The first kappa shape index (κ1) is 25.4. The number of carbonyl (C=O) groups excluding carboxylic acids is 1. The van der Waals surface area contributed by atoms with Gasteiger partial charge >= 0.3 is 12.1 Å². The van der Waals surface area contributed by atoms with Gasteiger partial charge in [0.15, 0.2) is 11.3 Å². The lowest BCUT2D eigenvalue weighted by Gasteiger charge is -2.31. The Bertz CT molecular complexity index is 1470. The summed E-state index contributed by atoms with van der Waals surface area (Å²) in [7, 11) is 0. The molecule has 0 aliphatic carbocycles. The summed E-state index contributed by atoms with van der Waals surface area (Å²) >= 11 is 0. The van der Waals surface area contributed by atoms with Gasteiger partial charge in [0, 0.05) is 45.2 Å². The van der Waals surface area contributed by atoms with Gasteiger partial charge in [-0.25, -0.2) is 19.3 Å². The normalized spacial score (nSPS) is 25.1. The van der Waals surface area contributed by atoms with Crippen LogP contribution < -0.4 is 9.80 Å². The molecular formula is C26H28F3N7O3. The van der Waals surface area contributed by atoms with Crippen molar-refractivity contribution in [3.05, 3.63) is 47.5 Å². The van der Waals surface area contributed by atoms with Gasteiger partial charge in [-0.1, -0.05) is 13.0 Å². The molecule has 0 saturated carbocycles. The lowest BCUT2D eigenvalue weighted by atomic mass is 9.80. The Hall–Kier alpha value is -3.90. The minimum absolute atomic E-state index is 0.00528. The van der Waals surface area contributed by atoms with Gasteiger partial charge in [-0.3, -0.25) is 4.79 Å². The predicted octanol–water partition coefficient (Wildman–Crippen LogP) is 3.12. The summed E-state index contributed by atoms with van der Waals surface area (Å²) in [6, 6.07) is 6.25. The number of alkyl halides is 3. The molecule has 3 aromatic rings. The molecule has 0 bridgehead atoms. The van der Waals surface area contributed by atoms with Crippen molar-refractivity contribution >= 4 is 29.0 Å². The van der Waals surface area contributed by atoms with Crippen molar-refractivity contribution in [2.24, 2.45) is 17.3 Å². The van der Waals surface area contributed by atoms with Crippen molar-refractivity contribution in [2.45, 2.75) is 26.4 Å². The lowest BCUT2D eigenvalue weighted by molar-refractivity contribution is -0.220. The Morgan fingerprint density at radius 2 is 1.90 bits per heavy atom. The number of fused-ring (bicyclic) bond motifs is 2. The Balaban J connectivity index is 1.25. The van der Waals surface area contributed by atoms with Crippen LogP contribution in [0, 0.1) is 24.2 Å². The molecule has 3 fully saturated rings. The second-order valence-electron chi connectivity index (χ2n) is 11.0. The van der Waals surface area contributed by atoms with Crippen molar-refractivity contribution in [3.8, 4) is 0 Å². The van der Waals surface area contributed by atoms with E-state index in [2.05, 4.69) is 26.9 Å². The van der Waals surface area contributed by atoms with E-state index in [1.165, 1.54) is 28.0 Å². The molecule has 1 amide bonds. The third-order valence-corrected chi connectivity index (χ3v) is 8.32. The number of pyridine rings is 2. The minimum Gasteiger partial charge on any atom is -0.477 e. The van der Waals surface area contributed by atoms with Crippen LogP contribution in [0.5, 0.6) is 0 Å². The van der Waals surface area contributed by atoms with Gasteiger partial charge in [0.25, 0.3) is 5.91 Å². The number of likely N-dealkylation sites (tertiary alicyclic amines) is 1. The van der Waals surface area contributed by atoms with Crippen LogP contribution in [-0.4, -0.2) is 86.9 Å². The van der Waals surface area contributed by atoms with Gasteiger partial charge < -0.3 is 19.8 Å². The number of anilines is 2. The molecule has 3 saturated heterocycles. The standard InChI is InChI=1S/C26H28F3N7O3/c1-15-6-7-33(9-15)18-8-16(2)22-31-21(32-36(22)12-18)23(37)35-11-17-10-34(13-25(17,14-35)26(27,28)29)20-5-3-4-19(30-20)24(38)39/h3-5,8,12,15,17H,6-7,9-11,13-14H2,1-2H3,(H,38,39). The predicted molar refractivity (Wildman–Crippen MR) is 135 cm³/mol. The smallest absolute Gasteiger partial charge is 0.398 e. The molecule has 1 N–H and O–H groups in total. The molecule has 10 nitrogen and oxygen atoms in total. The number of carboxylic acid groups (broad SMARTS) is 1. The second-order valence-corrected chi connectivity index (χ2v) is 11.0. The number of rotatable bonds is 4. The number of carboxylic acids is 1. The Kier molecular flexibility index (Phi) is 5.74. The minimum atomic E-state index is -4.59. The number of hydrogen-bond acceptors (Lipinski definition) is 7. The highest BCUT2D eigenvalue weighted by Crippen LogP contribution is 2.53. The van der Waals surface area contributed by atoms with Crippen molar-refractivity contribution < 1.29 is 27.9 Å². The van der Waals surface area contributed by atoms with Gasteiger partial charge in [-0.15, -0.1) is 5.10 Å². The molecule has 3 unspecified atom stereocenters. The molecule has 39 heavy (non-hydrogen) atoms. The summed E-state index contributed by atoms with van der Waals surface area (Å²) in [5.74, 6) is -2.17. The molecule has 3 atom stereocenters. The molecule has 3 aromatic heterocycles. The molecule has 3 aliphatic rings. The molecule has 206 valence electrons. The van der Waals surface area contributed by atoms with E-state index in [9.17, 15) is 27.9 Å². The zero-order chi connectivity index (χ0) is 27.7. The van der Waals surface area contributed by atoms with Crippen molar-refractivity contribution in [2.75, 3.05) is 49.1 Å². The highest BCUT2D eigenvalue weighted by molar-refractivity contribution is 5.91. The van der Waals surface area contributed by atoms with Crippen LogP contribution in [0.25, 0.3) is 5.65 Å². The average Bonchev–Trinajstić information content (AvgIpc) is 3.64. The second kappa shape index (κ2) is 8.82. The quantitative estimate of drug-likeness (QED) is 0.535. The van der Waals surface area contributed by atoms with E-state index in [4.69, 9.17) is 0 Å². The summed E-state index contributed by atoms with van der Waals surface area (Å²) in [6.45, 7) is 4.86. The topological polar surface area (TPSA) is 107 Å². The number of aromatic nitrogens is 4. The lowest BCUT2D eigenvalue weighted by Crippen LogP contribution is -2.47. The first-order valence-corrected chi connectivity index (χ1v) is 12.9. The highest BCUT2D eigenvalue weighted by atomic mass is 19.4. The summed E-state index contributed by atoms with van der Waals surface area (Å²) in [5.41, 5.74) is -0.109. The van der Waals surface area contributed by atoms with E-state index in [1.807, 2.05) is 19.2 Å². The highest BCUT2D eigenvalue weighted by Gasteiger charge is 2.67. The molecule has 0 aromatic carbocycles. The fraction of sp³-hybridized carbons (Fsp3) is 0.500. The summed E-state index contributed by atoms with van der Waals surface area (Å²) < 4.78 is 45.2. The largest absolute Gasteiger partial charge is 0.477 e. The van der Waals surface area contributed by atoms with Gasteiger partial charge in [-0.05, 0) is 43.0 Å². The third-order valence-electron chi connectivity index (χ3n) is 8.32. The molecular weight excluding hydrogens is 515 g/mol. The number of nitrogens with zero attached hydrogens (tertiary/aromatic N) is 7. The van der Waals surface area contributed by atoms with Crippen LogP contribution in [0.4, 0.5) is 24.7 Å². The van der Waals surface area contributed by atoms with E-state index in [0.29, 0.717) is 11.6 Å². The van der Waals surface area contributed by atoms with E-state index in [0.717, 1.165) is 30.8 Å². The molecule has 6 rings (SSSR count). The van der Waals surface area contributed by atoms with Crippen molar-refractivity contribution in [3.63, 3.8) is 0 Å². The first-order chi connectivity index (χ1) is 18.4. The van der Waals surface area contributed by atoms with E-state index in [-0.39, 0.29) is 30.4 Å². The fourth-order valence-electron chi connectivity index (χ4n) is 6.22. The summed E-state index contributed by atoms with van der Waals surface area (Å²) in [6.07, 6.45) is -1.68. The fourth-order valence-corrected chi connectivity index (χ4v) is 6.22. The maximum absolute atomic E-state index is 14.6. The SMILES string of the molecule is Cc1cc(N2CCC(C)C2)cn2nc(C(=O)N3CC4CN(c5cccc(C(=O)O)n5)CC4(C(F)(F)F)C3)nc12. The van der Waals surface area contributed by atoms with Gasteiger partial charge in [0.1, 0.15) is 11.2 Å². The average molecular weight is 544 g/mol. The van der Waals surface area contributed by atoms with E-state index >= 15 is 0 Å². The Morgan fingerprint density at radius 1 is 1.10 bits per heavy atom.